The van der Waals surface area contributed by atoms with Crippen LogP contribution in [0.2, 0.25) is 10.0 Å². The Hall–Kier alpha value is -2.31. The molecule has 0 aliphatic carbocycles. The molecule has 0 saturated heterocycles. The first-order valence-electron chi connectivity index (χ1n) is 6.49. The van der Waals surface area contributed by atoms with Crippen LogP contribution < -0.4 is 4.74 Å². The minimum absolute atomic E-state index is 0.0411. The average molecular weight is 353 g/mol. The number of rotatable bonds is 3. The molecular weight excluding hydrogens is 343 g/mol. The molecule has 8 heteroatoms. The van der Waals surface area contributed by atoms with Crippen molar-refractivity contribution in [2.24, 2.45) is 0 Å². The minimum Gasteiger partial charge on any atom is -0.494 e. The quantitative estimate of drug-likeness (QED) is 0.488. The molecule has 3 aromatic rings. The van der Waals surface area contributed by atoms with Crippen LogP contribution in [-0.2, 0) is 0 Å². The zero-order valence-corrected chi connectivity index (χ0v) is 13.6. The van der Waals surface area contributed by atoms with E-state index in [2.05, 4.69) is 4.98 Å². The molecule has 0 aliphatic rings. The highest BCUT2D eigenvalue weighted by Crippen LogP contribution is 2.38. The number of hydrogen-bond donors (Lipinski definition) is 0. The van der Waals surface area contributed by atoms with Crippen molar-refractivity contribution in [2.75, 3.05) is 7.11 Å². The summed E-state index contributed by atoms with van der Waals surface area (Å²) in [5, 5.41) is 11.6. The second-order valence-electron chi connectivity index (χ2n) is 4.86. The van der Waals surface area contributed by atoms with Crippen LogP contribution in [0, 0.1) is 17.0 Å². The zero-order valence-electron chi connectivity index (χ0n) is 12.1. The van der Waals surface area contributed by atoms with Crippen molar-refractivity contribution < 1.29 is 14.1 Å². The maximum atomic E-state index is 10.9. The molecule has 118 valence electrons. The summed E-state index contributed by atoms with van der Waals surface area (Å²) >= 11 is 12.2. The molecule has 6 nitrogen and oxygen atoms in total. The number of aromatic nitrogens is 1. The molecule has 0 N–H and O–H groups in total. The van der Waals surface area contributed by atoms with Gasteiger partial charge in [0.2, 0.25) is 5.89 Å². The number of ether oxygens (including phenoxy) is 1. The summed E-state index contributed by atoms with van der Waals surface area (Å²) < 4.78 is 10.8. The van der Waals surface area contributed by atoms with Crippen LogP contribution in [0.4, 0.5) is 5.69 Å². The van der Waals surface area contributed by atoms with Crippen molar-refractivity contribution >= 4 is 40.0 Å². The molecule has 23 heavy (non-hydrogen) atoms. The van der Waals surface area contributed by atoms with Gasteiger partial charge in [-0.2, -0.15) is 0 Å². The van der Waals surface area contributed by atoms with Crippen molar-refractivity contribution in [1.82, 2.24) is 4.98 Å². The average Bonchev–Trinajstić information content (AvgIpc) is 2.91. The van der Waals surface area contributed by atoms with Crippen molar-refractivity contribution in [3.05, 3.63) is 50.0 Å². The van der Waals surface area contributed by atoms with Crippen molar-refractivity contribution in [3.8, 4) is 17.2 Å². The maximum Gasteiger partial charge on any atom is 0.272 e. The zero-order chi connectivity index (χ0) is 16.7. The third kappa shape index (κ3) is 2.71. The van der Waals surface area contributed by atoms with Gasteiger partial charge in [0.1, 0.15) is 5.52 Å². The number of nitrogens with zero attached hydrogens (tertiary/aromatic N) is 2. The lowest BCUT2D eigenvalue weighted by Crippen LogP contribution is -1.88. The van der Waals surface area contributed by atoms with Gasteiger partial charge >= 0.3 is 0 Å². The van der Waals surface area contributed by atoms with Crippen molar-refractivity contribution in [2.45, 2.75) is 6.92 Å². The molecule has 0 radical (unpaired) electrons. The highest BCUT2D eigenvalue weighted by Gasteiger charge is 2.18. The van der Waals surface area contributed by atoms with Crippen LogP contribution in [-0.4, -0.2) is 17.0 Å². The van der Waals surface area contributed by atoms with Crippen LogP contribution in [0.5, 0.6) is 5.75 Å². The molecule has 1 heterocycles. The normalized spacial score (nSPS) is 11.0. The second kappa shape index (κ2) is 5.72. The Bertz CT molecular complexity index is 914. The van der Waals surface area contributed by atoms with Crippen molar-refractivity contribution in [3.63, 3.8) is 0 Å². The first-order chi connectivity index (χ1) is 10.9. The first-order valence-corrected chi connectivity index (χ1v) is 7.25. The third-order valence-electron chi connectivity index (χ3n) is 3.32. The summed E-state index contributed by atoms with van der Waals surface area (Å²) in [5.74, 6) is 0.634. The lowest BCUT2D eigenvalue weighted by Gasteiger charge is -2.06. The molecule has 0 amide bonds. The van der Waals surface area contributed by atoms with Gasteiger partial charge in [-0.3, -0.25) is 10.1 Å². The summed E-state index contributed by atoms with van der Waals surface area (Å²) in [5.41, 5.74) is 2.02. The van der Waals surface area contributed by atoms with E-state index in [1.54, 1.807) is 19.1 Å². The van der Waals surface area contributed by atoms with Gasteiger partial charge in [-0.05, 0) is 19.1 Å². The van der Waals surface area contributed by atoms with Gasteiger partial charge in [0.25, 0.3) is 5.69 Å². The highest BCUT2D eigenvalue weighted by molar-refractivity contribution is 6.37. The van der Waals surface area contributed by atoms with Gasteiger partial charge in [-0.1, -0.05) is 23.2 Å². The van der Waals surface area contributed by atoms with Crippen LogP contribution in [0.15, 0.2) is 28.7 Å². The van der Waals surface area contributed by atoms with Gasteiger partial charge in [0.15, 0.2) is 11.3 Å². The molecule has 0 unspecified atom stereocenters. The Morgan fingerprint density at radius 2 is 1.87 bits per heavy atom. The molecular formula is C15H10Cl2N2O4. The summed E-state index contributed by atoms with van der Waals surface area (Å²) in [4.78, 5) is 14.8. The van der Waals surface area contributed by atoms with Crippen LogP contribution in [0.1, 0.15) is 5.56 Å². The molecule has 3 rings (SSSR count). The molecule has 0 bridgehead atoms. The largest absolute Gasteiger partial charge is 0.494 e. The van der Waals surface area contributed by atoms with Crippen LogP contribution in [0.25, 0.3) is 22.6 Å². The molecule has 0 atom stereocenters. The molecule has 0 aliphatic heterocycles. The van der Waals surface area contributed by atoms with E-state index in [1.807, 2.05) is 0 Å². The summed E-state index contributed by atoms with van der Waals surface area (Å²) in [6.07, 6.45) is 0. The molecule has 2 aromatic carbocycles. The molecule has 1 aromatic heterocycles. The molecule has 0 saturated carbocycles. The number of fused-ring (bicyclic) bond motifs is 1. The van der Waals surface area contributed by atoms with E-state index >= 15 is 0 Å². The summed E-state index contributed by atoms with van der Waals surface area (Å²) in [6.45, 7) is 1.72. The van der Waals surface area contributed by atoms with Gasteiger partial charge in [-0.25, -0.2) is 4.98 Å². The number of aryl methyl sites for hydroxylation is 1. The maximum absolute atomic E-state index is 10.9. The predicted molar refractivity (Wildman–Crippen MR) is 87.4 cm³/mol. The minimum atomic E-state index is -0.470. The fraction of sp³-hybridized carbons (Fsp3) is 0.133. The SMILES string of the molecule is COc1c(Cl)cc(-c2nc3cc([N+](=O)[O-])cc(C)c3o2)cc1Cl. The standard InChI is InChI=1S/C15H10Cl2N2O4/c1-7-3-9(19(20)21)6-12-13(7)23-15(18-12)8-4-10(16)14(22-2)11(17)5-8/h3-6H,1-2H3. The van der Waals surface area contributed by atoms with E-state index in [0.29, 0.717) is 38.0 Å². The Kier molecular flexibility index (Phi) is 3.87. The smallest absolute Gasteiger partial charge is 0.272 e. The number of methoxy groups -OCH3 is 1. The van der Waals surface area contributed by atoms with E-state index in [-0.39, 0.29) is 11.6 Å². The van der Waals surface area contributed by atoms with E-state index in [4.69, 9.17) is 32.4 Å². The number of oxazole rings is 1. The number of hydrogen-bond acceptors (Lipinski definition) is 5. The lowest BCUT2D eigenvalue weighted by atomic mass is 10.2. The highest BCUT2D eigenvalue weighted by atomic mass is 35.5. The number of halogens is 2. The lowest BCUT2D eigenvalue weighted by molar-refractivity contribution is -0.384. The predicted octanol–water partition coefficient (Wildman–Crippen LogP) is 5.03. The fourth-order valence-corrected chi connectivity index (χ4v) is 2.93. The topological polar surface area (TPSA) is 78.4 Å². The Morgan fingerprint density at radius 1 is 1.22 bits per heavy atom. The number of nitro groups is 1. The van der Waals surface area contributed by atoms with E-state index in [1.165, 1.54) is 19.2 Å². The monoisotopic (exact) mass is 352 g/mol. The van der Waals surface area contributed by atoms with Crippen LogP contribution in [0.3, 0.4) is 0 Å². The Labute approximate surface area is 140 Å². The van der Waals surface area contributed by atoms with E-state index in [9.17, 15) is 10.1 Å². The van der Waals surface area contributed by atoms with Gasteiger partial charge in [-0.15, -0.1) is 0 Å². The second-order valence-corrected chi connectivity index (χ2v) is 5.67. The Balaban J connectivity index is 2.18. The van der Waals surface area contributed by atoms with Crippen molar-refractivity contribution in [1.29, 1.82) is 0 Å². The Morgan fingerprint density at radius 3 is 2.43 bits per heavy atom. The van der Waals surface area contributed by atoms with Gasteiger partial charge < -0.3 is 9.15 Å². The fourth-order valence-electron chi connectivity index (χ4n) is 2.29. The number of benzene rings is 2. The number of non-ortho nitro benzene ring substituents is 1. The summed E-state index contributed by atoms with van der Waals surface area (Å²) in [6, 6.07) is 6.02. The van der Waals surface area contributed by atoms with Gasteiger partial charge in [0.05, 0.1) is 22.1 Å². The van der Waals surface area contributed by atoms with E-state index < -0.39 is 4.92 Å². The van der Waals surface area contributed by atoms with Crippen LogP contribution >= 0.6 is 23.2 Å². The van der Waals surface area contributed by atoms with E-state index in [0.717, 1.165) is 0 Å². The number of nitro benzene ring substituents is 1. The molecule has 0 spiro atoms. The summed E-state index contributed by atoms with van der Waals surface area (Å²) in [7, 11) is 1.47. The molecule has 0 fully saturated rings. The van der Waals surface area contributed by atoms with Gasteiger partial charge in [0, 0.05) is 23.3 Å². The first kappa shape index (κ1) is 15.6. The third-order valence-corrected chi connectivity index (χ3v) is 3.88.